The molecule has 0 saturated heterocycles. The maximum absolute atomic E-state index is 9.11. The van der Waals surface area contributed by atoms with Gasteiger partial charge in [-0.15, -0.1) is 0 Å². The molecule has 144 valence electrons. The highest BCUT2D eigenvalue weighted by molar-refractivity contribution is 9.10. The minimum absolute atomic E-state index is 0.103. The summed E-state index contributed by atoms with van der Waals surface area (Å²) in [6.07, 6.45) is 3.30. The minimum atomic E-state index is -0.227. The van der Waals surface area contributed by atoms with Crippen LogP contribution in [-0.4, -0.2) is 26.5 Å². The Morgan fingerprint density at radius 2 is 1.93 bits per heavy atom. The average Bonchev–Trinajstić information content (AvgIpc) is 3.09. The summed E-state index contributed by atoms with van der Waals surface area (Å²) in [7, 11) is 0. The van der Waals surface area contributed by atoms with Gasteiger partial charge in [-0.2, -0.15) is 10.1 Å². The lowest BCUT2D eigenvalue weighted by Crippen LogP contribution is -2.20. The van der Waals surface area contributed by atoms with Gasteiger partial charge in [0.05, 0.1) is 0 Å². The highest BCUT2D eigenvalue weighted by Crippen LogP contribution is 2.36. The fourth-order valence-electron chi connectivity index (χ4n) is 3.14. The van der Waals surface area contributed by atoms with Gasteiger partial charge in [-0.3, -0.25) is 0 Å². The number of anilines is 1. The SMILES string of the molecule is OCCCc1nc2n(n1)[C@@H](c1ccc(Cl)cc1Cl)C=C(c1ccc(Br)cc1)N2. The molecule has 0 bridgehead atoms. The van der Waals surface area contributed by atoms with Crippen LogP contribution in [0.5, 0.6) is 0 Å². The van der Waals surface area contributed by atoms with Gasteiger partial charge in [-0.25, -0.2) is 4.68 Å². The molecule has 3 aromatic rings. The third-order valence-corrected chi connectivity index (χ3v) is 5.60. The van der Waals surface area contributed by atoms with Crippen molar-refractivity contribution in [2.45, 2.75) is 18.9 Å². The molecule has 0 unspecified atom stereocenters. The summed E-state index contributed by atoms with van der Waals surface area (Å²) in [6.45, 7) is 0.103. The van der Waals surface area contributed by atoms with E-state index in [1.165, 1.54) is 0 Å². The smallest absolute Gasteiger partial charge is 0.226 e. The third kappa shape index (κ3) is 3.96. The van der Waals surface area contributed by atoms with Crippen molar-refractivity contribution >= 4 is 50.8 Å². The van der Waals surface area contributed by atoms with Crippen molar-refractivity contribution in [1.29, 1.82) is 0 Å². The van der Waals surface area contributed by atoms with Crippen LogP contribution in [0.3, 0.4) is 0 Å². The number of aliphatic hydroxyl groups is 1. The van der Waals surface area contributed by atoms with E-state index >= 15 is 0 Å². The fraction of sp³-hybridized carbons (Fsp3) is 0.200. The quantitative estimate of drug-likeness (QED) is 0.519. The fourth-order valence-corrected chi connectivity index (χ4v) is 3.93. The number of fused-ring (bicyclic) bond motifs is 1. The molecule has 2 aromatic carbocycles. The first kappa shape index (κ1) is 19.5. The number of rotatable bonds is 5. The van der Waals surface area contributed by atoms with Crippen LogP contribution in [0.25, 0.3) is 5.70 Å². The molecule has 1 atom stereocenters. The molecule has 0 fully saturated rings. The van der Waals surface area contributed by atoms with Gasteiger partial charge in [0.25, 0.3) is 0 Å². The lowest BCUT2D eigenvalue weighted by atomic mass is 10.0. The van der Waals surface area contributed by atoms with Gasteiger partial charge in [0.15, 0.2) is 5.82 Å². The second-order valence-electron chi connectivity index (χ2n) is 6.45. The Morgan fingerprint density at radius 3 is 2.64 bits per heavy atom. The molecule has 28 heavy (non-hydrogen) atoms. The van der Waals surface area contributed by atoms with E-state index in [2.05, 4.69) is 37.4 Å². The Bertz CT molecular complexity index is 1030. The number of aromatic nitrogens is 3. The van der Waals surface area contributed by atoms with Crippen LogP contribution < -0.4 is 5.32 Å². The van der Waals surface area contributed by atoms with E-state index in [0.29, 0.717) is 34.7 Å². The Morgan fingerprint density at radius 1 is 1.14 bits per heavy atom. The van der Waals surface area contributed by atoms with Crippen LogP contribution >= 0.6 is 39.1 Å². The lowest BCUT2D eigenvalue weighted by Gasteiger charge is -2.25. The first-order chi connectivity index (χ1) is 13.5. The van der Waals surface area contributed by atoms with E-state index < -0.39 is 0 Å². The molecule has 5 nitrogen and oxygen atoms in total. The van der Waals surface area contributed by atoms with Crippen LogP contribution in [0.2, 0.25) is 10.0 Å². The first-order valence-electron chi connectivity index (χ1n) is 8.81. The third-order valence-electron chi connectivity index (χ3n) is 4.50. The zero-order valence-electron chi connectivity index (χ0n) is 14.7. The highest BCUT2D eigenvalue weighted by atomic mass is 79.9. The van der Waals surface area contributed by atoms with Crippen LogP contribution in [-0.2, 0) is 6.42 Å². The van der Waals surface area contributed by atoms with Crippen molar-refractivity contribution in [2.75, 3.05) is 11.9 Å². The van der Waals surface area contributed by atoms with Gasteiger partial charge in [0.2, 0.25) is 5.95 Å². The van der Waals surface area contributed by atoms with Crippen molar-refractivity contribution in [3.8, 4) is 0 Å². The molecule has 2 N–H and O–H groups in total. The van der Waals surface area contributed by atoms with Gasteiger partial charge < -0.3 is 10.4 Å². The molecule has 0 spiro atoms. The second kappa shape index (κ2) is 8.25. The van der Waals surface area contributed by atoms with E-state index in [-0.39, 0.29) is 12.6 Å². The summed E-state index contributed by atoms with van der Waals surface area (Å²) in [5.74, 6) is 1.32. The molecular weight excluding hydrogens is 463 g/mol. The largest absolute Gasteiger partial charge is 0.396 e. The van der Waals surface area contributed by atoms with Crippen molar-refractivity contribution in [3.05, 3.63) is 80.0 Å². The van der Waals surface area contributed by atoms with Gasteiger partial charge in [-0.1, -0.05) is 57.3 Å². The number of nitrogens with zero attached hydrogens (tertiary/aromatic N) is 3. The Hall–Kier alpha value is -1.86. The molecule has 1 aromatic heterocycles. The minimum Gasteiger partial charge on any atom is -0.396 e. The van der Waals surface area contributed by atoms with E-state index in [9.17, 15) is 0 Å². The van der Waals surface area contributed by atoms with Gasteiger partial charge in [0.1, 0.15) is 6.04 Å². The van der Waals surface area contributed by atoms with E-state index in [0.717, 1.165) is 21.3 Å². The molecular formula is C20H17BrCl2N4O. The number of hydrogen-bond acceptors (Lipinski definition) is 4. The van der Waals surface area contributed by atoms with Crippen LogP contribution in [0.4, 0.5) is 5.95 Å². The highest BCUT2D eigenvalue weighted by Gasteiger charge is 2.26. The number of benzene rings is 2. The number of nitrogens with one attached hydrogen (secondary N) is 1. The molecule has 0 radical (unpaired) electrons. The van der Waals surface area contributed by atoms with Gasteiger partial charge >= 0.3 is 0 Å². The molecule has 0 amide bonds. The van der Waals surface area contributed by atoms with Crippen molar-refractivity contribution in [1.82, 2.24) is 14.8 Å². The number of allylic oxidation sites excluding steroid dienone is 1. The van der Waals surface area contributed by atoms with E-state index in [1.54, 1.807) is 6.07 Å². The molecule has 8 heteroatoms. The van der Waals surface area contributed by atoms with Crippen molar-refractivity contribution < 1.29 is 5.11 Å². The normalized spacial score (nSPS) is 15.7. The van der Waals surface area contributed by atoms with Crippen molar-refractivity contribution in [2.24, 2.45) is 0 Å². The predicted octanol–water partition coefficient (Wildman–Crippen LogP) is 5.33. The summed E-state index contributed by atoms with van der Waals surface area (Å²) < 4.78 is 2.84. The van der Waals surface area contributed by atoms with Crippen LogP contribution in [0.15, 0.2) is 53.0 Å². The molecule has 0 saturated carbocycles. The maximum atomic E-state index is 9.11. The van der Waals surface area contributed by atoms with Gasteiger partial charge in [-0.05, 0) is 47.9 Å². The van der Waals surface area contributed by atoms with E-state index in [1.807, 2.05) is 41.1 Å². The Balaban J connectivity index is 1.80. The summed E-state index contributed by atoms with van der Waals surface area (Å²) in [6, 6.07) is 13.3. The summed E-state index contributed by atoms with van der Waals surface area (Å²) >= 11 is 16.1. The molecule has 1 aliphatic heterocycles. The van der Waals surface area contributed by atoms with Crippen LogP contribution in [0.1, 0.15) is 29.4 Å². The monoisotopic (exact) mass is 478 g/mol. The predicted molar refractivity (Wildman–Crippen MR) is 116 cm³/mol. The number of hydrogen-bond donors (Lipinski definition) is 2. The molecule has 2 heterocycles. The van der Waals surface area contributed by atoms with E-state index in [4.69, 9.17) is 28.3 Å². The maximum Gasteiger partial charge on any atom is 0.226 e. The zero-order valence-corrected chi connectivity index (χ0v) is 17.8. The summed E-state index contributed by atoms with van der Waals surface area (Å²) in [4.78, 5) is 4.61. The summed E-state index contributed by atoms with van der Waals surface area (Å²) in [5.41, 5.74) is 2.85. The number of halogens is 3. The van der Waals surface area contributed by atoms with Crippen LogP contribution in [0, 0.1) is 0 Å². The topological polar surface area (TPSA) is 63.0 Å². The standard InChI is InChI=1S/C20H17BrCl2N4O/c21-13-5-3-12(4-6-13)17-11-18(15-8-7-14(22)10-16(15)23)27-20(24-17)25-19(26-27)2-1-9-28/h3-8,10-11,18,28H,1-2,9H2,(H,24,25,26)/t18-/m1/s1. The average molecular weight is 480 g/mol. The van der Waals surface area contributed by atoms with Crippen molar-refractivity contribution in [3.63, 3.8) is 0 Å². The number of aliphatic hydroxyl groups excluding tert-OH is 1. The lowest BCUT2D eigenvalue weighted by molar-refractivity contribution is 0.287. The Labute approximate surface area is 181 Å². The number of aryl methyl sites for hydroxylation is 1. The summed E-state index contributed by atoms with van der Waals surface area (Å²) in [5, 5.41) is 18.3. The second-order valence-corrected chi connectivity index (χ2v) is 8.21. The molecule has 1 aliphatic rings. The molecule has 0 aliphatic carbocycles. The Kier molecular flexibility index (Phi) is 5.73. The zero-order chi connectivity index (χ0) is 19.7. The van der Waals surface area contributed by atoms with Gasteiger partial charge in [0, 0.05) is 33.2 Å². The molecule has 4 rings (SSSR count). The first-order valence-corrected chi connectivity index (χ1v) is 10.4.